The van der Waals surface area contributed by atoms with E-state index in [0.717, 1.165) is 0 Å². The maximum Gasteiger partial charge on any atom is 0.411 e. The third-order valence-electron chi connectivity index (χ3n) is 1.81. The van der Waals surface area contributed by atoms with E-state index in [9.17, 15) is 9.59 Å². The molecule has 1 aromatic carbocycles. The Labute approximate surface area is 87.4 Å². The number of rotatable bonds is 2. The summed E-state index contributed by atoms with van der Waals surface area (Å²) < 4.78 is 4.42. The average Bonchev–Trinajstić information content (AvgIpc) is 2.29. The molecule has 0 heterocycles. The molecule has 2 amide bonds. The number of benzene rings is 1. The molecule has 0 spiro atoms. The topological polar surface area (TPSA) is 67.4 Å². The third kappa shape index (κ3) is 2.98. The minimum atomic E-state index is -0.539. The summed E-state index contributed by atoms with van der Waals surface area (Å²) in [6.45, 7) is 0. The van der Waals surface area contributed by atoms with Gasteiger partial charge in [-0.3, -0.25) is 10.1 Å². The van der Waals surface area contributed by atoms with Crippen LogP contribution in [0, 0.1) is 0 Å². The summed E-state index contributed by atoms with van der Waals surface area (Å²) >= 11 is 0. The Bertz CT molecular complexity index is 359. The van der Waals surface area contributed by atoms with Gasteiger partial charge >= 0.3 is 6.09 Å². The number of ether oxygens (including phenoxy) is 1. The smallest absolute Gasteiger partial charge is 0.411 e. The summed E-state index contributed by atoms with van der Waals surface area (Å²) in [4.78, 5) is 22.0. The van der Waals surface area contributed by atoms with E-state index >= 15 is 0 Å². The molecule has 0 unspecified atom stereocenters. The summed E-state index contributed by atoms with van der Waals surface area (Å²) in [6.07, 6.45) is -0.539. The standard InChI is InChI=1S/C10H12N2O3/c1-11-9(13)7-3-5-8(6-4-7)12-10(14)15-2/h3-6H,1-2H3,(H,11,13)(H,12,14). The lowest BCUT2D eigenvalue weighted by Gasteiger charge is -2.04. The Morgan fingerprint density at radius 2 is 1.80 bits per heavy atom. The summed E-state index contributed by atoms with van der Waals surface area (Å²) in [5, 5.41) is 4.98. The fourth-order valence-corrected chi connectivity index (χ4v) is 1.02. The molecule has 5 heteroatoms. The summed E-state index contributed by atoms with van der Waals surface area (Å²) in [5.41, 5.74) is 1.11. The first kappa shape index (κ1) is 11.0. The van der Waals surface area contributed by atoms with E-state index in [1.807, 2.05) is 0 Å². The number of hydrogen-bond acceptors (Lipinski definition) is 3. The van der Waals surface area contributed by atoms with E-state index in [-0.39, 0.29) is 5.91 Å². The minimum Gasteiger partial charge on any atom is -0.453 e. The van der Waals surface area contributed by atoms with Crippen LogP contribution in [0.4, 0.5) is 10.5 Å². The molecule has 0 aliphatic rings. The molecule has 2 N–H and O–H groups in total. The lowest BCUT2D eigenvalue weighted by Crippen LogP contribution is -2.17. The van der Waals surface area contributed by atoms with Crippen LogP contribution in [0.2, 0.25) is 0 Å². The molecule has 0 saturated heterocycles. The largest absolute Gasteiger partial charge is 0.453 e. The van der Waals surface area contributed by atoms with Gasteiger partial charge < -0.3 is 10.1 Å². The van der Waals surface area contributed by atoms with Gasteiger partial charge in [-0.1, -0.05) is 0 Å². The molecule has 1 aromatic rings. The Balaban J connectivity index is 2.72. The highest BCUT2D eigenvalue weighted by Crippen LogP contribution is 2.09. The van der Waals surface area contributed by atoms with Crippen LogP contribution in [-0.4, -0.2) is 26.2 Å². The minimum absolute atomic E-state index is 0.167. The molecule has 0 aliphatic heterocycles. The Hall–Kier alpha value is -2.04. The van der Waals surface area contributed by atoms with Gasteiger partial charge in [0.2, 0.25) is 0 Å². The maximum atomic E-state index is 11.2. The number of anilines is 1. The SMILES string of the molecule is CNC(=O)c1ccc(NC(=O)OC)cc1. The van der Waals surface area contributed by atoms with Crippen LogP contribution >= 0.6 is 0 Å². The van der Waals surface area contributed by atoms with Crippen molar-refractivity contribution in [3.05, 3.63) is 29.8 Å². The number of carbonyl (C=O) groups is 2. The van der Waals surface area contributed by atoms with E-state index in [1.54, 1.807) is 31.3 Å². The van der Waals surface area contributed by atoms with Crippen LogP contribution in [-0.2, 0) is 4.74 Å². The van der Waals surface area contributed by atoms with Crippen LogP contribution in [0.1, 0.15) is 10.4 Å². The van der Waals surface area contributed by atoms with Gasteiger partial charge in [0, 0.05) is 18.3 Å². The van der Waals surface area contributed by atoms with E-state index < -0.39 is 6.09 Å². The summed E-state index contributed by atoms with van der Waals surface area (Å²) in [6, 6.07) is 6.48. The molecule has 0 aliphatic carbocycles. The molecule has 0 aromatic heterocycles. The lowest BCUT2D eigenvalue weighted by atomic mass is 10.2. The second-order valence-electron chi connectivity index (χ2n) is 2.77. The zero-order chi connectivity index (χ0) is 11.3. The highest BCUT2D eigenvalue weighted by molar-refractivity contribution is 5.94. The molecule has 0 bridgehead atoms. The van der Waals surface area contributed by atoms with E-state index in [2.05, 4.69) is 15.4 Å². The molecule has 15 heavy (non-hydrogen) atoms. The molecule has 0 fully saturated rings. The number of carbonyl (C=O) groups excluding carboxylic acids is 2. The van der Waals surface area contributed by atoms with Crippen LogP contribution in [0.25, 0.3) is 0 Å². The molecule has 0 saturated carbocycles. The normalized spacial score (nSPS) is 9.20. The van der Waals surface area contributed by atoms with Crippen molar-refractivity contribution in [2.45, 2.75) is 0 Å². The second kappa shape index (κ2) is 4.99. The molecule has 1 rings (SSSR count). The third-order valence-corrected chi connectivity index (χ3v) is 1.81. The van der Waals surface area contributed by atoms with Gasteiger partial charge in [-0.25, -0.2) is 4.79 Å². The summed E-state index contributed by atoms with van der Waals surface area (Å²) in [5.74, 6) is -0.167. The van der Waals surface area contributed by atoms with Gasteiger partial charge in [0.25, 0.3) is 5.91 Å². The van der Waals surface area contributed by atoms with Crippen LogP contribution in [0.5, 0.6) is 0 Å². The molecule has 5 nitrogen and oxygen atoms in total. The van der Waals surface area contributed by atoms with Crippen molar-refractivity contribution in [2.75, 3.05) is 19.5 Å². The van der Waals surface area contributed by atoms with Crippen molar-refractivity contribution in [1.29, 1.82) is 0 Å². The quantitative estimate of drug-likeness (QED) is 0.768. The monoisotopic (exact) mass is 208 g/mol. The van der Waals surface area contributed by atoms with Crippen molar-refractivity contribution >= 4 is 17.7 Å². The Kier molecular flexibility index (Phi) is 3.68. The highest BCUT2D eigenvalue weighted by atomic mass is 16.5. The second-order valence-corrected chi connectivity index (χ2v) is 2.77. The van der Waals surface area contributed by atoms with Crippen LogP contribution < -0.4 is 10.6 Å². The molecular weight excluding hydrogens is 196 g/mol. The lowest BCUT2D eigenvalue weighted by molar-refractivity contribution is 0.0963. The number of nitrogens with one attached hydrogen (secondary N) is 2. The highest BCUT2D eigenvalue weighted by Gasteiger charge is 2.03. The number of amides is 2. The van der Waals surface area contributed by atoms with Crippen molar-refractivity contribution in [3.8, 4) is 0 Å². The number of methoxy groups -OCH3 is 1. The predicted molar refractivity (Wildman–Crippen MR) is 55.9 cm³/mol. The van der Waals surface area contributed by atoms with E-state index in [4.69, 9.17) is 0 Å². The van der Waals surface area contributed by atoms with Gasteiger partial charge in [0.1, 0.15) is 0 Å². The van der Waals surface area contributed by atoms with Gasteiger partial charge in [-0.05, 0) is 24.3 Å². The van der Waals surface area contributed by atoms with Gasteiger partial charge in [-0.15, -0.1) is 0 Å². The molecular formula is C10H12N2O3. The predicted octanol–water partition coefficient (Wildman–Crippen LogP) is 1.22. The van der Waals surface area contributed by atoms with E-state index in [1.165, 1.54) is 7.11 Å². The van der Waals surface area contributed by atoms with Crippen LogP contribution in [0.15, 0.2) is 24.3 Å². The maximum absolute atomic E-state index is 11.2. The van der Waals surface area contributed by atoms with Gasteiger partial charge in [0.05, 0.1) is 7.11 Å². The summed E-state index contributed by atoms with van der Waals surface area (Å²) in [7, 11) is 2.84. The first-order chi connectivity index (χ1) is 7.17. The van der Waals surface area contributed by atoms with Gasteiger partial charge in [0.15, 0.2) is 0 Å². The Morgan fingerprint density at radius 3 is 2.27 bits per heavy atom. The van der Waals surface area contributed by atoms with Crippen LogP contribution in [0.3, 0.4) is 0 Å². The zero-order valence-corrected chi connectivity index (χ0v) is 8.53. The average molecular weight is 208 g/mol. The molecule has 0 radical (unpaired) electrons. The van der Waals surface area contributed by atoms with Crippen molar-refractivity contribution < 1.29 is 14.3 Å². The first-order valence-corrected chi connectivity index (χ1v) is 4.34. The molecule has 80 valence electrons. The first-order valence-electron chi connectivity index (χ1n) is 4.34. The fraction of sp³-hybridized carbons (Fsp3) is 0.200. The van der Waals surface area contributed by atoms with Crippen molar-refractivity contribution in [3.63, 3.8) is 0 Å². The van der Waals surface area contributed by atoms with Gasteiger partial charge in [-0.2, -0.15) is 0 Å². The fourth-order valence-electron chi connectivity index (χ4n) is 1.02. The van der Waals surface area contributed by atoms with E-state index in [0.29, 0.717) is 11.3 Å². The zero-order valence-electron chi connectivity index (χ0n) is 8.53. The Morgan fingerprint density at radius 1 is 1.20 bits per heavy atom. The van der Waals surface area contributed by atoms with Crippen molar-refractivity contribution in [2.24, 2.45) is 0 Å². The number of hydrogen-bond donors (Lipinski definition) is 2. The molecule has 0 atom stereocenters. The van der Waals surface area contributed by atoms with Crippen molar-refractivity contribution in [1.82, 2.24) is 5.32 Å².